The van der Waals surface area contributed by atoms with Crippen LogP contribution in [0.4, 0.5) is 0 Å². The normalized spacial score (nSPS) is 24.1. The summed E-state index contributed by atoms with van der Waals surface area (Å²) < 4.78 is 0. The van der Waals surface area contributed by atoms with Gasteiger partial charge in [0.25, 0.3) is 0 Å². The lowest BCUT2D eigenvalue weighted by Crippen LogP contribution is -2.12. The van der Waals surface area contributed by atoms with Crippen LogP contribution in [-0.4, -0.2) is 5.78 Å². The first-order chi connectivity index (χ1) is 5.84. The molecule has 12 heavy (non-hydrogen) atoms. The Labute approximate surface area is 74.9 Å². The fourth-order valence-corrected chi connectivity index (χ4v) is 1.67. The van der Waals surface area contributed by atoms with Crippen LogP contribution in [0.2, 0.25) is 0 Å². The van der Waals surface area contributed by atoms with Crippen molar-refractivity contribution in [2.75, 3.05) is 0 Å². The van der Waals surface area contributed by atoms with Crippen molar-refractivity contribution < 1.29 is 4.79 Å². The summed E-state index contributed by atoms with van der Waals surface area (Å²) in [4.78, 5) is 11.5. The number of allylic oxidation sites excluding steroid dienone is 2. The number of unbranched alkanes of at least 4 members (excludes halogenated alkanes) is 1. The number of carbonyl (C=O) groups is 1. The van der Waals surface area contributed by atoms with E-state index in [2.05, 4.69) is 19.1 Å². The molecule has 0 bridgehead atoms. The molecule has 0 aliphatic heterocycles. The fourth-order valence-electron chi connectivity index (χ4n) is 1.67. The van der Waals surface area contributed by atoms with Crippen LogP contribution in [-0.2, 0) is 4.79 Å². The second-order valence-corrected chi connectivity index (χ2v) is 3.55. The van der Waals surface area contributed by atoms with Gasteiger partial charge in [0.2, 0.25) is 0 Å². The van der Waals surface area contributed by atoms with Crippen LogP contribution < -0.4 is 0 Å². The molecule has 1 nitrogen and oxygen atoms in total. The van der Waals surface area contributed by atoms with E-state index in [9.17, 15) is 4.79 Å². The van der Waals surface area contributed by atoms with Gasteiger partial charge in [-0.1, -0.05) is 31.9 Å². The molecule has 0 amide bonds. The lowest BCUT2D eigenvalue weighted by Gasteiger charge is -2.10. The molecule has 1 rings (SSSR count). The second kappa shape index (κ2) is 5.13. The van der Waals surface area contributed by atoms with Crippen molar-refractivity contribution in [2.45, 2.75) is 45.4 Å². The largest absolute Gasteiger partial charge is 0.299 e. The Morgan fingerprint density at radius 1 is 1.50 bits per heavy atom. The monoisotopic (exact) mass is 166 g/mol. The molecule has 0 aromatic rings. The van der Waals surface area contributed by atoms with E-state index in [-0.39, 0.29) is 0 Å². The molecule has 1 heteroatoms. The van der Waals surface area contributed by atoms with E-state index in [1.54, 1.807) is 0 Å². The molecule has 1 atom stereocenters. The highest BCUT2D eigenvalue weighted by molar-refractivity contribution is 5.81. The van der Waals surface area contributed by atoms with Crippen molar-refractivity contribution >= 4 is 5.78 Å². The number of rotatable bonds is 3. The molecule has 0 saturated heterocycles. The lowest BCUT2D eigenvalue weighted by molar-refractivity contribution is -0.122. The summed E-state index contributed by atoms with van der Waals surface area (Å²) in [6.45, 7) is 2.18. The molecular weight excluding hydrogens is 148 g/mol. The van der Waals surface area contributed by atoms with Gasteiger partial charge in [0.15, 0.2) is 0 Å². The van der Waals surface area contributed by atoms with Gasteiger partial charge in [-0.2, -0.15) is 0 Å². The molecule has 0 radical (unpaired) electrons. The van der Waals surface area contributed by atoms with Gasteiger partial charge in [-0.3, -0.25) is 4.79 Å². The SMILES string of the molecule is CCCCC1CC=CCCC1=O. The van der Waals surface area contributed by atoms with Crippen molar-refractivity contribution in [1.29, 1.82) is 0 Å². The Balaban J connectivity index is 2.37. The van der Waals surface area contributed by atoms with Crippen molar-refractivity contribution in [1.82, 2.24) is 0 Å². The van der Waals surface area contributed by atoms with E-state index in [4.69, 9.17) is 0 Å². The van der Waals surface area contributed by atoms with Crippen LogP contribution in [0.15, 0.2) is 12.2 Å². The summed E-state index contributed by atoms with van der Waals surface area (Å²) in [7, 11) is 0. The third-order valence-corrected chi connectivity index (χ3v) is 2.51. The molecule has 0 aromatic heterocycles. The maximum absolute atomic E-state index is 11.5. The number of ketones is 1. The van der Waals surface area contributed by atoms with Crippen LogP contribution >= 0.6 is 0 Å². The predicted octanol–water partition coefficient (Wildman–Crippen LogP) is 3.10. The number of hydrogen-bond donors (Lipinski definition) is 0. The molecule has 0 fully saturated rings. The zero-order chi connectivity index (χ0) is 8.81. The van der Waals surface area contributed by atoms with Gasteiger partial charge in [-0.05, 0) is 19.3 Å². The Hall–Kier alpha value is -0.590. The van der Waals surface area contributed by atoms with Crippen LogP contribution in [0.25, 0.3) is 0 Å². The fraction of sp³-hybridized carbons (Fsp3) is 0.727. The van der Waals surface area contributed by atoms with Gasteiger partial charge >= 0.3 is 0 Å². The molecule has 0 N–H and O–H groups in total. The first-order valence-electron chi connectivity index (χ1n) is 5.02. The van der Waals surface area contributed by atoms with Crippen LogP contribution in [0.5, 0.6) is 0 Å². The van der Waals surface area contributed by atoms with Crippen molar-refractivity contribution in [3.63, 3.8) is 0 Å². The highest BCUT2D eigenvalue weighted by Gasteiger charge is 2.16. The minimum atomic E-state index is 0.337. The molecule has 1 aliphatic rings. The van der Waals surface area contributed by atoms with E-state index in [0.29, 0.717) is 11.7 Å². The summed E-state index contributed by atoms with van der Waals surface area (Å²) in [6, 6.07) is 0. The number of carbonyl (C=O) groups excluding carboxylic acids is 1. The first kappa shape index (κ1) is 9.50. The van der Waals surface area contributed by atoms with Gasteiger partial charge in [0.05, 0.1) is 0 Å². The molecule has 1 unspecified atom stereocenters. The standard InChI is InChI=1S/C11H18O/c1-2-3-7-10-8-5-4-6-9-11(10)12/h4-5,10H,2-3,6-9H2,1H3. The van der Waals surface area contributed by atoms with E-state index in [1.807, 2.05) is 0 Å². The lowest BCUT2D eigenvalue weighted by atomic mass is 9.93. The quantitative estimate of drug-likeness (QED) is 0.589. The van der Waals surface area contributed by atoms with Crippen molar-refractivity contribution in [3.8, 4) is 0 Å². The topological polar surface area (TPSA) is 17.1 Å². The number of Topliss-reactive ketones (excluding diaryl/α,β-unsaturated/α-hetero) is 1. The Bertz CT molecular complexity index is 170. The summed E-state index contributed by atoms with van der Waals surface area (Å²) in [5.41, 5.74) is 0. The molecule has 68 valence electrons. The van der Waals surface area contributed by atoms with Gasteiger partial charge in [0, 0.05) is 12.3 Å². The zero-order valence-electron chi connectivity index (χ0n) is 7.88. The molecule has 0 aromatic carbocycles. The Morgan fingerprint density at radius 2 is 2.33 bits per heavy atom. The minimum Gasteiger partial charge on any atom is -0.299 e. The van der Waals surface area contributed by atoms with Gasteiger partial charge in [0.1, 0.15) is 5.78 Å². The van der Waals surface area contributed by atoms with Crippen LogP contribution in [0.1, 0.15) is 45.4 Å². The second-order valence-electron chi connectivity index (χ2n) is 3.55. The minimum absolute atomic E-state index is 0.337. The van der Waals surface area contributed by atoms with E-state index >= 15 is 0 Å². The third-order valence-electron chi connectivity index (χ3n) is 2.51. The van der Waals surface area contributed by atoms with Gasteiger partial charge in [-0.25, -0.2) is 0 Å². The first-order valence-corrected chi connectivity index (χ1v) is 5.02. The summed E-state index contributed by atoms with van der Waals surface area (Å²) in [6.07, 6.45) is 10.5. The Kier molecular flexibility index (Phi) is 4.06. The average molecular weight is 166 g/mol. The average Bonchev–Trinajstić information content (AvgIpc) is 2.27. The van der Waals surface area contributed by atoms with E-state index in [0.717, 1.165) is 25.7 Å². The molecule has 0 spiro atoms. The summed E-state index contributed by atoms with van der Waals surface area (Å²) >= 11 is 0. The molecule has 0 heterocycles. The maximum Gasteiger partial charge on any atom is 0.136 e. The van der Waals surface area contributed by atoms with E-state index in [1.165, 1.54) is 12.8 Å². The Morgan fingerprint density at radius 3 is 3.08 bits per heavy atom. The van der Waals surface area contributed by atoms with Crippen molar-refractivity contribution in [3.05, 3.63) is 12.2 Å². The highest BCUT2D eigenvalue weighted by Crippen LogP contribution is 2.20. The summed E-state index contributed by atoms with van der Waals surface area (Å²) in [5.74, 6) is 0.817. The van der Waals surface area contributed by atoms with Gasteiger partial charge in [-0.15, -0.1) is 0 Å². The van der Waals surface area contributed by atoms with Gasteiger partial charge < -0.3 is 0 Å². The highest BCUT2D eigenvalue weighted by atomic mass is 16.1. The third kappa shape index (κ3) is 2.80. The smallest absolute Gasteiger partial charge is 0.136 e. The van der Waals surface area contributed by atoms with Crippen molar-refractivity contribution in [2.24, 2.45) is 5.92 Å². The molecular formula is C11H18O. The van der Waals surface area contributed by atoms with E-state index < -0.39 is 0 Å². The number of hydrogen-bond acceptors (Lipinski definition) is 1. The maximum atomic E-state index is 11.5. The molecule has 1 aliphatic carbocycles. The van der Waals surface area contributed by atoms with Crippen LogP contribution in [0, 0.1) is 5.92 Å². The molecule has 0 saturated carbocycles. The van der Waals surface area contributed by atoms with Crippen LogP contribution in [0.3, 0.4) is 0 Å². The summed E-state index contributed by atoms with van der Waals surface area (Å²) in [5, 5.41) is 0. The zero-order valence-corrected chi connectivity index (χ0v) is 7.88. The predicted molar refractivity (Wildman–Crippen MR) is 51.0 cm³/mol.